The van der Waals surface area contributed by atoms with E-state index < -0.39 is 10.0 Å². The van der Waals surface area contributed by atoms with E-state index in [2.05, 4.69) is 5.32 Å². The highest BCUT2D eigenvalue weighted by atomic mass is 32.2. The summed E-state index contributed by atoms with van der Waals surface area (Å²) in [5.74, 6) is 1.24. The Morgan fingerprint density at radius 1 is 1.38 bits per heavy atom. The number of hydrogen-bond acceptors (Lipinski definition) is 4. The average molecular weight is 383 g/mol. The molecule has 1 saturated heterocycles. The maximum atomic E-state index is 12.2. The molecule has 1 aliphatic rings. The molecule has 26 heavy (non-hydrogen) atoms. The summed E-state index contributed by atoms with van der Waals surface area (Å²) < 4.78 is 31.2. The second kappa shape index (κ2) is 9.92. The molecule has 1 aromatic rings. The molecule has 1 unspecified atom stereocenters. The number of nitrogens with one attached hydrogen (secondary N) is 1. The highest BCUT2D eigenvalue weighted by Gasteiger charge is 2.28. The van der Waals surface area contributed by atoms with Crippen LogP contribution in [0.4, 0.5) is 0 Å². The first-order chi connectivity index (χ1) is 12.4. The summed E-state index contributed by atoms with van der Waals surface area (Å²) in [5.41, 5.74) is 0.993. The summed E-state index contributed by atoms with van der Waals surface area (Å²) in [5, 5.41) is 2.93. The number of nitrogens with zero attached hydrogens (tertiary/aromatic N) is 1. The Labute approximate surface area is 157 Å². The maximum Gasteiger partial charge on any atom is 0.220 e. The van der Waals surface area contributed by atoms with Crippen LogP contribution in [0.15, 0.2) is 24.3 Å². The van der Waals surface area contributed by atoms with Gasteiger partial charge in [-0.05, 0) is 49.3 Å². The molecule has 1 aromatic carbocycles. The van der Waals surface area contributed by atoms with Crippen molar-refractivity contribution in [3.8, 4) is 5.75 Å². The van der Waals surface area contributed by atoms with E-state index in [9.17, 15) is 13.2 Å². The molecule has 146 valence electrons. The van der Waals surface area contributed by atoms with E-state index >= 15 is 0 Å². The van der Waals surface area contributed by atoms with Gasteiger partial charge in [-0.3, -0.25) is 4.79 Å². The van der Waals surface area contributed by atoms with Crippen molar-refractivity contribution < 1.29 is 17.9 Å². The molecule has 1 fully saturated rings. The summed E-state index contributed by atoms with van der Waals surface area (Å²) >= 11 is 0. The summed E-state index contributed by atoms with van der Waals surface area (Å²) in [6.07, 6.45) is 3.65. The summed E-state index contributed by atoms with van der Waals surface area (Å²) in [7, 11) is -1.52. The number of carbonyl (C=O) groups excluding carboxylic acids is 1. The standard InChI is InChI=1S/C19H30N2O4S/c1-3-12-26(23,24)21-11-5-7-16(15-21)9-10-19(22)20-14-17-6-4-8-18(13-17)25-2/h4,6,8,13,16H,3,5,7,9-12,14-15H2,1-2H3,(H,20,22). The van der Waals surface area contributed by atoms with E-state index in [1.807, 2.05) is 31.2 Å². The third kappa shape index (κ3) is 6.29. The van der Waals surface area contributed by atoms with E-state index in [-0.39, 0.29) is 17.6 Å². The van der Waals surface area contributed by atoms with Crippen LogP contribution in [-0.4, -0.2) is 44.6 Å². The van der Waals surface area contributed by atoms with Gasteiger partial charge in [0, 0.05) is 26.1 Å². The number of rotatable bonds is 9. The Kier molecular flexibility index (Phi) is 7.90. The van der Waals surface area contributed by atoms with Crippen molar-refractivity contribution in [2.24, 2.45) is 5.92 Å². The zero-order valence-corrected chi connectivity index (χ0v) is 16.6. The monoisotopic (exact) mass is 382 g/mol. The van der Waals surface area contributed by atoms with Crippen molar-refractivity contribution in [3.05, 3.63) is 29.8 Å². The third-order valence-electron chi connectivity index (χ3n) is 4.74. The second-order valence-corrected chi connectivity index (χ2v) is 8.94. The van der Waals surface area contributed by atoms with E-state index in [0.717, 1.165) is 30.6 Å². The van der Waals surface area contributed by atoms with Crippen LogP contribution in [0.25, 0.3) is 0 Å². The predicted molar refractivity (Wildman–Crippen MR) is 102 cm³/mol. The summed E-state index contributed by atoms with van der Waals surface area (Å²) in [6.45, 7) is 3.51. The van der Waals surface area contributed by atoms with Crippen LogP contribution >= 0.6 is 0 Å². The molecule has 1 atom stereocenters. The minimum atomic E-state index is -3.14. The Morgan fingerprint density at radius 2 is 2.19 bits per heavy atom. The van der Waals surface area contributed by atoms with Crippen LogP contribution in [0.3, 0.4) is 0 Å². The molecule has 1 amide bonds. The summed E-state index contributed by atoms with van der Waals surface area (Å²) in [4.78, 5) is 12.1. The zero-order chi connectivity index (χ0) is 19.0. The second-order valence-electron chi connectivity index (χ2n) is 6.85. The van der Waals surface area contributed by atoms with Gasteiger partial charge in [0.25, 0.3) is 0 Å². The number of methoxy groups -OCH3 is 1. The third-order valence-corrected chi connectivity index (χ3v) is 6.78. The molecule has 7 heteroatoms. The Bertz CT molecular complexity index is 691. The summed E-state index contributed by atoms with van der Waals surface area (Å²) in [6, 6.07) is 7.61. The molecule has 1 N–H and O–H groups in total. The quantitative estimate of drug-likeness (QED) is 0.712. The largest absolute Gasteiger partial charge is 0.497 e. The normalized spacial score (nSPS) is 18.5. The first-order valence-electron chi connectivity index (χ1n) is 9.32. The van der Waals surface area contributed by atoms with Crippen molar-refractivity contribution in [3.63, 3.8) is 0 Å². The maximum absolute atomic E-state index is 12.2. The Balaban J connectivity index is 1.76. The van der Waals surface area contributed by atoms with Gasteiger partial charge in [0.1, 0.15) is 5.75 Å². The van der Waals surface area contributed by atoms with Gasteiger partial charge in [-0.25, -0.2) is 12.7 Å². The highest BCUT2D eigenvalue weighted by Crippen LogP contribution is 2.23. The number of carbonyl (C=O) groups is 1. The van der Waals surface area contributed by atoms with Crippen LogP contribution in [0.2, 0.25) is 0 Å². The number of piperidine rings is 1. The fourth-order valence-corrected chi connectivity index (χ4v) is 4.93. The van der Waals surface area contributed by atoms with Crippen LogP contribution in [0, 0.1) is 5.92 Å². The minimum absolute atomic E-state index is 0.00126. The number of hydrogen-bond donors (Lipinski definition) is 1. The van der Waals surface area contributed by atoms with E-state index in [0.29, 0.717) is 32.5 Å². The smallest absolute Gasteiger partial charge is 0.220 e. The number of benzene rings is 1. The van der Waals surface area contributed by atoms with E-state index in [4.69, 9.17) is 4.74 Å². The van der Waals surface area contributed by atoms with Gasteiger partial charge in [0.15, 0.2) is 0 Å². The van der Waals surface area contributed by atoms with Gasteiger partial charge in [-0.15, -0.1) is 0 Å². The lowest BCUT2D eigenvalue weighted by Crippen LogP contribution is -2.41. The lowest BCUT2D eigenvalue weighted by atomic mass is 9.94. The van der Waals surface area contributed by atoms with Crippen molar-refractivity contribution in [1.29, 1.82) is 0 Å². The highest BCUT2D eigenvalue weighted by molar-refractivity contribution is 7.89. The van der Waals surface area contributed by atoms with Gasteiger partial charge in [-0.2, -0.15) is 0 Å². The first-order valence-corrected chi connectivity index (χ1v) is 10.9. The molecular formula is C19H30N2O4S. The fraction of sp³-hybridized carbons (Fsp3) is 0.632. The molecule has 0 bridgehead atoms. The van der Waals surface area contributed by atoms with Gasteiger partial charge >= 0.3 is 0 Å². The minimum Gasteiger partial charge on any atom is -0.497 e. The fourth-order valence-electron chi connectivity index (χ4n) is 3.31. The van der Waals surface area contributed by atoms with Crippen LogP contribution in [0.5, 0.6) is 5.75 Å². The van der Waals surface area contributed by atoms with E-state index in [1.54, 1.807) is 11.4 Å². The lowest BCUT2D eigenvalue weighted by Gasteiger charge is -2.31. The predicted octanol–water partition coefficient (Wildman–Crippen LogP) is 2.54. The van der Waals surface area contributed by atoms with Crippen molar-refractivity contribution in [2.45, 2.75) is 45.6 Å². The number of amides is 1. The molecule has 0 spiro atoms. The molecule has 0 aromatic heterocycles. The molecule has 1 aliphatic heterocycles. The molecule has 6 nitrogen and oxygen atoms in total. The van der Waals surface area contributed by atoms with Crippen LogP contribution in [0.1, 0.15) is 44.6 Å². The molecule has 2 rings (SSSR count). The van der Waals surface area contributed by atoms with E-state index in [1.165, 1.54) is 0 Å². The number of sulfonamides is 1. The van der Waals surface area contributed by atoms with Crippen molar-refractivity contribution in [1.82, 2.24) is 9.62 Å². The Hall–Kier alpha value is -1.60. The van der Waals surface area contributed by atoms with Crippen LogP contribution < -0.4 is 10.1 Å². The van der Waals surface area contributed by atoms with Gasteiger partial charge in [-0.1, -0.05) is 19.1 Å². The zero-order valence-electron chi connectivity index (χ0n) is 15.7. The Morgan fingerprint density at radius 3 is 2.92 bits per heavy atom. The van der Waals surface area contributed by atoms with Gasteiger partial charge < -0.3 is 10.1 Å². The van der Waals surface area contributed by atoms with Crippen molar-refractivity contribution >= 4 is 15.9 Å². The molecule has 0 saturated carbocycles. The number of ether oxygens (including phenoxy) is 1. The molecular weight excluding hydrogens is 352 g/mol. The van der Waals surface area contributed by atoms with Gasteiger partial charge in [0.05, 0.1) is 12.9 Å². The van der Waals surface area contributed by atoms with Crippen molar-refractivity contribution in [2.75, 3.05) is 26.0 Å². The average Bonchev–Trinajstić information content (AvgIpc) is 2.65. The SMILES string of the molecule is CCCS(=O)(=O)N1CCCC(CCC(=O)NCc2cccc(OC)c2)C1. The topological polar surface area (TPSA) is 75.7 Å². The molecule has 1 heterocycles. The first kappa shape index (κ1) is 20.7. The molecule has 0 aliphatic carbocycles. The molecule has 0 radical (unpaired) electrons. The lowest BCUT2D eigenvalue weighted by molar-refractivity contribution is -0.121. The van der Waals surface area contributed by atoms with Crippen LogP contribution in [-0.2, 0) is 21.4 Å². The van der Waals surface area contributed by atoms with Gasteiger partial charge in [0.2, 0.25) is 15.9 Å².